The molecule has 0 saturated carbocycles. The lowest BCUT2D eigenvalue weighted by atomic mass is 10.6. The van der Waals surface area contributed by atoms with Crippen molar-refractivity contribution in [3.63, 3.8) is 0 Å². The fourth-order valence-corrected chi connectivity index (χ4v) is 0.778. The van der Waals surface area contributed by atoms with Gasteiger partial charge in [-0.1, -0.05) is 0 Å². The lowest BCUT2D eigenvalue weighted by Crippen LogP contribution is -2.20. The molecule has 0 aromatic carbocycles. The first-order valence-electron chi connectivity index (χ1n) is 3.74. The molecule has 0 amide bonds. The zero-order valence-corrected chi connectivity index (χ0v) is 7.34. The number of nitrogens with two attached hydrogens (primary N) is 1. The second kappa shape index (κ2) is 4.26. The van der Waals surface area contributed by atoms with Gasteiger partial charge in [0, 0.05) is 0 Å². The monoisotopic (exact) mass is 224 g/mol. The van der Waals surface area contributed by atoms with Gasteiger partial charge in [-0.05, 0) is 0 Å². The fourth-order valence-electron chi connectivity index (χ4n) is 0.778. The number of ether oxygens (including phenoxy) is 1. The largest absolute Gasteiger partial charge is 0.411 e. The maximum atomic E-state index is 11.7. The van der Waals surface area contributed by atoms with E-state index in [2.05, 4.69) is 19.7 Å². The van der Waals surface area contributed by atoms with Gasteiger partial charge in [0.05, 0.1) is 0 Å². The minimum absolute atomic E-state index is 0.100. The third kappa shape index (κ3) is 4.40. The van der Waals surface area contributed by atoms with E-state index in [1.54, 1.807) is 0 Å². The Bertz CT molecular complexity index is 389. The zero-order valence-electron chi connectivity index (χ0n) is 7.34. The SMILES string of the molecule is Nc1nc(COCC(F)(F)F)[nH]c(=O)n1. The number of aromatic amines is 1. The highest BCUT2D eigenvalue weighted by molar-refractivity contribution is 5.12. The summed E-state index contributed by atoms with van der Waals surface area (Å²) < 4.78 is 39.2. The van der Waals surface area contributed by atoms with Crippen LogP contribution in [0.1, 0.15) is 5.82 Å². The number of hydrogen-bond donors (Lipinski definition) is 2. The van der Waals surface area contributed by atoms with Crippen LogP contribution in [0.25, 0.3) is 0 Å². The first-order valence-corrected chi connectivity index (χ1v) is 3.74. The van der Waals surface area contributed by atoms with Gasteiger partial charge in [0.2, 0.25) is 5.95 Å². The van der Waals surface area contributed by atoms with Crippen LogP contribution in [0.3, 0.4) is 0 Å². The molecule has 0 fully saturated rings. The Morgan fingerprint density at radius 3 is 2.60 bits per heavy atom. The average molecular weight is 224 g/mol. The first-order chi connectivity index (χ1) is 6.87. The molecule has 1 aromatic heterocycles. The highest BCUT2D eigenvalue weighted by atomic mass is 19.4. The lowest BCUT2D eigenvalue weighted by molar-refractivity contribution is -0.177. The van der Waals surface area contributed by atoms with Gasteiger partial charge in [-0.25, -0.2) is 4.79 Å². The molecular weight excluding hydrogens is 217 g/mol. The molecule has 0 spiro atoms. The van der Waals surface area contributed by atoms with E-state index in [1.807, 2.05) is 0 Å². The molecule has 6 nitrogen and oxygen atoms in total. The number of nitrogens with one attached hydrogen (secondary N) is 1. The number of nitrogens with zero attached hydrogens (tertiary/aromatic N) is 2. The predicted molar refractivity (Wildman–Crippen MR) is 42.8 cm³/mol. The molecule has 15 heavy (non-hydrogen) atoms. The minimum Gasteiger partial charge on any atom is -0.368 e. The molecule has 0 bridgehead atoms. The van der Waals surface area contributed by atoms with Crippen LogP contribution in [-0.2, 0) is 11.3 Å². The van der Waals surface area contributed by atoms with E-state index in [9.17, 15) is 18.0 Å². The summed E-state index contributed by atoms with van der Waals surface area (Å²) in [4.78, 5) is 19.4. The van der Waals surface area contributed by atoms with E-state index in [-0.39, 0.29) is 11.8 Å². The maximum absolute atomic E-state index is 11.7. The molecule has 0 aliphatic rings. The minimum atomic E-state index is -4.42. The molecule has 0 radical (unpaired) electrons. The summed E-state index contributed by atoms with van der Waals surface area (Å²) in [5, 5.41) is 0. The van der Waals surface area contributed by atoms with Crippen LogP contribution in [0.15, 0.2) is 4.79 Å². The number of hydrogen-bond acceptors (Lipinski definition) is 5. The van der Waals surface area contributed by atoms with E-state index in [0.717, 1.165) is 0 Å². The molecule has 1 rings (SSSR count). The predicted octanol–water partition coefficient (Wildman–Crippen LogP) is -0.174. The van der Waals surface area contributed by atoms with Gasteiger partial charge in [0.1, 0.15) is 19.0 Å². The van der Waals surface area contributed by atoms with E-state index < -0.39 is 25.1 Å². The average Bonchev–Trinajstić information content (AvgIpc) is 1.99. The van der Waals surface area contributed by atoms with E-state index >= 15 is 0 Å². The van der Waals surface area contributed by atoms with Crippen LogP contribution < -0.4 is 11.4 Å². The van der Waals surface area contributed by atoms with Crippen molar-refractivity contribution in [3.05, 3.63) is 16.3 Å². The van der Waals surface area contributed by atoms with Crippen molar-refractivity contribution in [2.75, 3.05) is 12.3 Å². The van der Waals surface area contributed by atoms with Crippen molar-refractivity contribution in [3.8, 4) is 0 Å². The molecule has 1 heterocycles. The molecule has 0 unspecified atom stereocenters. The van der Waals surface area contributed by atoms with Crippen molar-refractivity contribution < 1.29 is 17.9 Å². The van der Waals surface area contributed by atoms with Gasteiger partial charge in [0.15, 0.2) is 0 Å². The van der Waals surface area contributed by atoms with Gasteiger partial charge in [-0.2, -0.15) is 23.1 Å². The van der Waals surface area contributed by atoms with Crippen molar-refractivity contribution in [1.29, 1.82) is 0 Å². The Kier molecular flexibility index (Phi) is 3.24. The molecule has 0 aliphatic carbocycles. The van der Waals surface area contributed by atoms with E-state index in [4.69, 9.17) is 5.73 Å². The summed E-state index contributed by atoms with van der Waals surface area (Å²) in [5.41, 5.74) is 4.31. The Labute approximate surface area is 81.3 Å². The number of aromatic nitrogens is 3. The highest BCUT2D eigenvalue weighted by Crippen LogP contribution is 2.14. The summed E-state index contributed by atoms with van der Waals surface area (Å²) in [7, 11) is 0. The van der Waals surface area contributed by atoms with Crippen LogP contribution in [0.5, 0.6) is 0 Å². The maximum Gasteiger partial charge on any atom is 0.411 e. The van der Waals surface area contributed by atoms with Crippen LogP contribution in [0.2, 0.25) is 0 Å². The topological polar surface area (TPSA) is 93.9 Å². The highest BCUT2D eigenvalue weighted by Gasteiger charge is 2.27. The number of rotatable bonds is 3. The molecule has 1 aromatic rings. The smallest absolute Gasteiger partial charge is 0.368 e. The third-order valence-electron chi connectivity index (χ3n) is 1.22. The first kappa shape index (κ1) is 11.4. The molecule has 0 aliphatic heterocycles. The summed E-state index contributed by atoms with van der Waals surface area (Å²) in [6.45, 7) is -1.90. The van der Waals surface area contributed by atoms with E-state index in [0.29, 0.717) is 0 Å². The van der Waals surface area contributed by atoms with Gasteiger partial charge in [-0.15, -0.1) is 0 Å². The van der Waals surface area contributed by atoms with Crippen LogP contribution in [0.4, 0.5) is 19.1 Å². The number of anilines is 1. The molecule has 0 atom stereocenters. The van der Waals surface area contributed by atoms with Gasteiger partial charge < -0.3 is 10.5 Å². The van der Waals surface area contributed by atoms with Gasteiger partial charge >= 0.3 is 11.9 Å². The second-order valence-electron chi connectivity index (χ2n) is 2.57. The number of nitrogen functional groups attached to an aromatic ring is 1. The Morgan fingerprint density at radius 2 is 2.07 bits per heavy atom. The quantitative estimate of drug-likeness (QED) is 0.743. The van der Waals surface area contributed by atoms with Crippen LogP contribution in [-0.4, -0.2) is 27.7 Å². The fraction of sp³-hybridized carbons (Fsp3) is 0.500. The van der Waals surface area contributed by atoms with Crippen LogP contribution in [0, 0.1) is 0 Å². The van der Waals surface area contributed by atoms with Crippen LogP contribution >= 0.6 is 0 Å². The number of alkyl halides is 3. The summed E-state index contributed by atoms with van der Waals surface area (Å²) >= 11 is 0. The summed E-state index contributed by atoms with van der Waals surface area (Å²) in [6, 6.07) is 0. The third-order valence-corrected chi connectivity index (χ3v) is 1.22. The Hall–Kier alpha value is -1.64. The Balaban J connectivity index is 2.55. The number of halogens is 3. The normalized spacial score (nSPS) is 11.7. The molecular formula is C6H7F3N4O2. The second-order valence-corrected chi connectivity index (χ2v) is 2.57. The standard InChI is InChI=1S/C6H7F3N4O2/c7-6(8,9)2-15-1-3-11-4(10)13-5(14)12-3/h1-2H2,(H3,10,11,12,13,14). The van der Waals surface area contributed by atoms with Crippen molar-refractivity contribution >= 4 is 5.95 Å². The number of H-pyrrole nitrogens is 1. The van der Waals surface area contributed by atoms with Crippen molar-refractivity contribution in [2.24, 2.45) is 0 Å². The summed E-state index contributed by atoms with van der Waals surface area (Å²) in [5.74, 6) is -0.416. The van der Waals surface area contributed by atoms with Gasteiger partial charge in [0.25, 0.3) is 0 Å². The van der Waals surface area contributed by atoms with E-state index in [1.165, 1.54) is 0 Å². The molecule has 84 valence electrons. The zero-order chi connectivity index (χ0) is 11.5. The van der Waals surface area contributed by atoms with Crippen molar-refractivity contribution in [1.82, 2.24) is 15.0 Å². The Morgan fingerprint density at radius 1 is 1.40 bits per heavy atom. The summed E-state index contributed by atoms with van der Waals surface area (Å²) in [6.07, 6.45) is -4.42. The molecule has 9 heteroatoms. The molecule has 3 N–H and O–H groups in total. The van der Waals surface area contributed by atoms with Crippen molar-refractivity contribution in [2.45, 2.75) is 12.8 Å². The lowest BCUT2D eigenvalue weighted by Gasteiger charge is -2.06. The van der Waals surface area contributed by atoms with Gasteiger partial charge in [-0.3, -0.25) is 4.98 Å². The molecule has 0 saturated heterocycles.